The molecule has 1 atom stereocenters. The van der Waals surface area contributed by atoms with E-state index in [0.29, 0.717) is 17.5 Å². The Kier molecular flexibility index (Phi) is 8.69. The number of benzene rings is 2. The van der Waals surface area contributed by atoms with Crippen LogP contribution >= 0.6 is 0 Å². The van der Waals surface area contributed by atoms with Gasteiger partial charge in [-0.1, -0.05) is 42.5 Å². The minimum atomic E-state index is -4.60. The van der Waals surface area contributed by atoms with Crippen molar-refractivity contribution in [3.05, 3.63) is 101 Å². The zero-order chi connectivity index (χ0) is 27.2. The van der Waals surface area contributed by atoms with Crippen molar-refractivity contribution < 1.29 is 30.8 Å². The molecule has 11 heteroatoms. The number of hydrogen-bond donors (Lipinski definition) is 2. The van der Waals surface area contributed by atoms with Gasteiger partial charge in [-0.25, -0.2) is 17.8 Å². The lowest BCUT2D eigenvalue weighted by Crippen LogP contribution is -2.24. The molecule has 3 rings (SSSR count). The van der Waals surface area contributed by atoms with Crippen LogP contribution in [-0.2, 0) is 33.8 Å². The minimum Gasteiger partial charge on any atom is -0.346 e. The standard InChI is InChI=1S/C26H25F4N3O3S/c1-17(20-9-13-23(21(27)16-20)33-37(2,35)36)31-25(34)15-11-19-10-14-24(26(28,29)30)32-22(19)12-8-18-6-4-3-5-7-18/h3-7,9-11,13-17,33H,8,12H2,1-2H3,(H,31,34)/b15-11-. The highest BCUT2D eigenvalue weighted by Gasteiger charge is 2.32. The first-order valence-corrected chi connectivity index (χ1v) is 13.1. The Hall–Kier alpha value is -3.73. The monoisotopic (exact) mass is 535 g/mol. The fraction of sp³-hybridized carbons (Fsp3) is 0.231. The van der Waals surface area contributed by atoms with E-state index in [2.05, 4.69) is 15.0 Å². The number of carbonyl (C=O) groups is 1. The Labute approximate surface area is 212 Å². The average Bonchev–Trinajstić information content (AvgIpc) is 2.82. The van der Waals surface area contributed by atoms with Crippen LogP contribution in [0.4, 0.5) is 23.2 Å². The second-order valence-corrected chi connectivity index (χ2v) is 10.1. The molecule has 0 aliphatic heterocycles. The topological polar surface area (TPSA) is 88.2 Å². The molecule has 1 unspecified atom stereocenters. The van der Waals surface area contributed by atoms with E-state index in [9.17, 15) is 30.8 Å². The van der Waals surface area contributed by atoms with E-state index in [1.54, 1.807) is 6.92 Å². The maximum atomic E-state index is 14.3. The molecule has 2 aromatic carbocycles. The van der Waals surface area contributed by atoms with Crippen LogP contribution in [0.3, 0.4) is 0 Å². The number of nitrogens with zero attached hydrogens (tertiary/aromatic N) is 1. The van der Waals surface area contributed by atoms with Crippen molar-refractivity contribution in [3.8, 4) is 0 Å². The number of anilines is 1. The first-order chi connectivity index (χ1) is 17.3. The normalized spacial score (nSPS) is 12.9. The molecule has 1 amide bonds. The number of nitrogens with one attached hydrogen (secondary N) is 2. The van der Waals surface area contributed by atoms with Gasteiger partial charge in [-0.2, -0.15) is 13.2 Å². The molecular weight excluding hydrogens is 510 g/mol. The number of hydrogen-bond acceptors (Lipinski definition) is 4. The average molecular weight is 536 g/mol. The number of alkyl halides is 3. The van der Waals surface area contributed by atoms with E-state index < -0.39 is 39.7 Å². The lowest BCUT2D eigenvalue weighted by atomic mass is 10.0. The predicted octanol–water partition coefficient (Wildman–Crippen LogP) is 5.29. The summed E-state index contributed by atoms with van der Waals surface area (Å²) >= 11 is 0. The fourth-order valence-corrected chi connectivity index (χ4v) is 4.09. The van der Waals surface area contributed by atoms with Crippen molar-refractivity contribution >= 4 is 27.7 Å². The van der Waals surface area contributed by atoms with Crippen LogP contribution < -0.4 is 10.0 Å². The molecule has 0 spiro atoms. The predicted molar refractivity (Wildman–Crippen MR) is 134 cm³/mol. The Bertz CT molecular complexity index is 1390. The fourth-order valence-electron chi connectivity index (χ4n) is 3.52. The number of sulfonamides is 1. The van der Waals surface area contributed by atoms with Gasteiger partial charge in [-0.05, 0) is 60.7 Å². The molecule has 1 aromatic heterocycles. The zero-order valence-corrected chi connectivity index (χ0v) is 20.8. The molecule has 0 saturated heterocycles. The van der Waals surface area contributed by atoms with Crippen LogP contribution in [0.15, 0.2) is 66.7 Å². The number of aryl methyl sites for hydroxylation is 2. The molecule has 0 aliphatic rings. The minimum absolute atomic E-state index is 0.201. The summed E-state index contributed by atoms with van der Waals surface area (Å²) in [6.45, 7) is 1.61. The van der Waals surface area contributed by atoms with Crippen molar-refractivity contribution in [1.82, 2.24) is 10.3 Å². The van der Waals surface area contributed by atoms with Crippen LogP contribution in [-0.4, -0.2) is 25.6 Å². The molecule has 2 N–H and O–H groups in total. The van der Waals surface area contributed by atoms with Crippen molar-refractivity contribution in [1.29, 1.82) is 0 Å². The molecule has 1 heterocycles. The van der Waals surface area contributed by atoms with Gasteiger partial charge in [0, 0.05) is 11.8 Å². The van der Waals surface area contributed by atoms with Gasteiger partial charge in [0.25, 0.3) is 0 Å². The molecular formula is C26H25F4N3O3S. The molecule has 0 bridgehead atoms. The van der Waals surface area contributed by atoms with E-state index in [-0.39, 0.29) is 17.8 Å². The highest BCUT2D eigenvalue weighted by Crippen LogP contribution is 2.29. The second-order valence-electron chi connectivity index (χ2n) is 8.39. The maximum absolute atomic E-state index is 14.3. The molecule has 3 aromatic rings. The Morgan fingerprint density at radius 1 is 1.05 bits per heavy atom. The molecule has 196 valence electrons. The zero-order valence-electron chi connectivity index (χ0n) is 20.0. The number of amides is 1. The lowest BCUT2D eigenvalue weighted by molar-refractivity contribution is -0.141. The van der Waals surface area contributed by atoms with Gasteiger partial charge in [0.15, 0.2) is 0 Å². The SMILES string of the molecule is CC(NC(=O)/C=C\c1ccc(C(F)(F)F)nc1CCc1ccccc1)c1ccc(NS(C)(=O)=O)c(F)c1. The van der Waals surface area contributed by atoms with Gasteiger partial charge in [-0.15, -0.1) is 0 Å². The van der Waals surface area contributed by atoms with Gasteiger partial charge < -0.3 is 5.32 Å². The highest BCUT2D eigenvalue weighted by atomic mass is 32.2. The van der Waals surface area contributed by atoms with E-state index >= 15 is 0 Å². The third-order valence-electron chi connectivity index (χ3n) is 5.35. The second kappa shape index (κ2) is 11.5. The third-order valence-corrected chi connectivity index (χ3v) is 5.95. The first kappa shape index (κ1) is 27.9. The Morgan fingerprint density at radius 3 is 2.38 bits per heavy atom. The molecule has 37 heavy (non-hydrogen) atoms. The summed E-state index contributed by atoms with van der Waals surface area (Å²) in [5, 5.41) is 2.64. The summed E-state index contributed by atoms with van der Waals surface area (Å²) in [5.41, 5.74) is 0.663. The quantitative estimate of drug-likeness (QED) is 0.288. The first-order valence-electron chi connectivity index (χ1n) is 11.2. The van der Waals surface area contributed by atoms with Crippen LogP contribution in [0.5, 0.6) is 0 Å². The Morgan fingerprint density at radius 2 is 1.76 bits per heavy atom. The summed E-state index contributed by atoms with van der Waals surface area (Å²) in [5.74, 6) is -1.36. The molecule has 0 radical (unpaired) electrons. The summed E-state index contributed by atoms with van der Waals surface area (Å²) in [6.07, 6.45) is -0.446. The summed E-state index contributed by atoms with van der Waals surface area (Å²) in [4.78, 5) is 16.3. The number of rotatable bonds is 9. The van der Waals surface area contributed by atoms with Gasteiger partial charge in [0.1, 0.15) is 11.5 Å². The highest BCUT2D eigenvalue weighted by molar-refractivity contribution is 7.92. The lowest BCUT2D eigenvalue weighted by Gasteiger charge is -2.15. The van der Waals surface area contributed by atoms with Crippen molar-refractivity contribution in [2.75, 3.05) is 11.0 Å². The van der Waals surface area contributed by atoms with Gasteiger partial charge in [0.05, 0.1) is 18.0 Å². The van der Waals surface area contributed by atoms with E-state index in [4.69, 9.17) is 0 Å². The van der Waals surface area contributed by atoms with E-state index in [0.717, 1.165) is 24.0 Å². The van der Waals surface area contributed by atoms with E-state index in [1.807, 2.05) is 30.3 Å². The van der Waals surface area contributed by atoms with Gasteiger partial charge >= 0.3 is 6.18 Å². The number of pyridine rings is 1. The van der Waals surface area contributed by atoms with Crippen molar-refractivity contribution in [2.45, 2.75) is 32.0 Å². The summed E-state index contributed by atoms with van der Waals surface area (Å²) < 4.78 is 78.6. The number of aromatic nitrogens is 1. The van der Waals surface area contributed by atoms with E-state index in [1.165, 1.54) is 30.4 Å². The van der Waals surface area contributed by atoms with Gasteiger partial charge in [-0.3, -0.25) is 9.52 Å². The van der Waals surface area contributed by atoms with Crippen molar-refractivity contribution in [3.63, 3.8) is 0 Å². The van der Waals surface area contributed by atoms with Gasteiger partial charge in [0.2, 0.25) is 15.9 Å². The number of halogens is 4. The molecule has 6 nitrogen and oxygen atoms in total. The van der Waals surface area contributed by atoms with Crippen molar-refractivity contribution in [2.24, 2.45) is 0 Å². The molecule has 0 aliphatic carbocycles. The molecule has 0 saturated carbocycles. The summed E-state index contributed by atoms with van der Waals surface area (Å²) in [6, 6.07) is 14.6. The molecule has 0 fully saturated rings. The Balaban J connectivity index is 1.73. The smallest absolute Gasteiger partial charge is 0.346 e. The van der Waals surface area contributed by atoms with Crippen LogP contribution in [0, 0.1) is 5.82 Å². The largest absolute Gasteiger partial charge is 0.433 e. The number of carbonyl (C=O) groups excluding carboxylic acids is 1. The third kappa shape index (κ3) is 8.42. The van der Waals surface area contributed by atoms with Crippen LogP contribution in [0.1, 0.15) is 41.0 Å². The van der Waals surface area contributed by atoms with Crippen LogP contribution in [0.25, 0.3) is 6.08 Å². The summed E-state index contributed by atoms with van der Waals surface area (Å²) in [7, 11) is -3.66. The van der Waals surface area contributed by atoms with Crippen LogP contribution in [0.2, 0.25) is 0 Å². The maximum Gasteiger partial charge on any atom is 0.433 e.